The molecule has 3 rings (SSSR count). The molecule has 3 amide bonds. The van der Waals surface area contributed by atoms with Crippen LogP contribution in [0.5, 0.6) is 0 Å². The van der Waals surface area contributed by atoms with Crippen LogP contribution in [-0.4, -0.2) is 68.7 Å². The zero-order valence-corrected chi connectivity index (χ0v) is 14.5. The number of nitrogens with one attached hydrogen (secondary N) is 1. The number of halogens is 1. The zero-order valence-electron chi connectivity index (χ0n) is 14.5. The standard InChI is InChI=1S/C17H21FN4O4/c1-12(24)19-9-14-10-22(17(25)26-14)13-2-3-16(15(18)8-13)21-6-4-20(11-23)5-7-21/h2-3,8,11,14H,4-7,9-10H2,1H3,(H,19,24). The summed E-state index contributed by atoms with van der Waals surface area (Å²) in [5, 5.41) is 2.60. The first kappa shape index (κ1) is 18.0. The summed E-state index contributed by atoms with van der Waals surface area (Å²) in [5.74, 6) is -0.635. The molecule has 1 aromatic carbocycles. The summed E-state index contributed by atoms with van der Waals surface area (Å²) in [6, 6.07) is 4.62. The molecule has 26 heavy (non-hydrogen) atoms. The molecule has 0 radical (unpaired) electrons. The van der Waals surface area contributed by atoms with Gasteiger partial charge in [-0.05, 0) is 18.2 Å². The quantitative estimate of drug-likeness (QED) is 0.773. The second-order valence-electron chi connectivity index (χ2n) is 6.32. The van der Waals surface area contributed by atoms with Gasteiger partial charge in [-0.2, -0.15) is 0 Å². The zero-order chi connectivity index (χ0) is 18.7. The first-order chi connectivity index (χ1) is 12.5. The van der Waals surface area contributed by atoms with Crippen molar-refractivity contribution in [2.24, 2.45) is 0 Å². The third kappa shape index (κ3) is 3.87. The lowest BCUT2D eigenvalue weighted by Gasteiger charge is -2.34. The van der Waals surface area contributed by atoms with Crippen LogP contribution in [0.15, 0.2) is 18.2 Å². The molecule has 8 nitrogen and oxygen atoms in total. The molecule has 1 aromatic rings. The number of cyclic esters (lactones) is 1. The SMILES string of the molecule is CC(=O)NCC1CN(c2ccc(N3CCN(C=O)CC3)c(F)c2)C(=O)O1. The van der Waals surface area contributed by atoms with E-state index in [1.54, 1.807) is 17.0 Å². The van der Waals surface area contributed by atoms with E-state index in [0.717, 1.165) is 6.41 Å². The summed E-state index contributed by atoms with van der Waals surface area (Å²) in [6.45, 7) is 4.06. The average Bonchev–Trinajstić information content (AvgIpc) is 3.01. The van der Waals surface area contributed by atoms with Crippen molar-refractivity contribution in [1.82, 2.24) is 10.2 Å². The van der Waals surface area contributed by atoms with Crippen molar-refractivity contribution in [3.63, 3.8) is 0 Å². The molecular weight excluding hydrogens is 343 g/mol. The highest BCUT2D eigenvalue weighted by atomic mass is 19.1. The highest BCUT2D eigenvalue weighted by molar-refractivity contribution is 5.90. The Kier molecular flexibility index (Phi) is 5.24. The fraction of sp³-hybridized carbons (Fsp3) is 0.471. The lowest BCUT2D eigenvalue weighted by atomic mass is 10.2. The molecule has 2 heterocycles. The van der Waals surface area contributed by atoms with Crippen LogP contribution in [0.3, 0.4) is 0 Å². The Hall–Kier alpha value is -2.84. The number of anilines is 2. The Balaban J connectivity index is 1.67. The lowest BCUT2D eigenvalue weighted by molar-refractivity contribution is -0.119. The Morgan fingerprint density at radius 3 is 2.69 bits per heavy atom. The number of amides is 3. The van der Waals surface area contributed by atoms with E-state index in [4.69, 9.17) is 4.74 Å². The van der Waals surface area contributed by atoms with E-state index < -0.39 is 18.0 Å². The Bertz CT molecular complexity index is 706. The van der Waals surface area contributed by atoms with Gasteiger partial charge in [-0.25, -0.2) is 9.18 Å². The number of carbonyl (C=O) groups excluding carboxylic acids is 3. The van der Waals surface area contributed by atoms with E-state index in [2.05, 4.69) is 5.32 Å². The van der Waals surface area contributed by atoms with Gasteiger partial charge in [0.05, 0.1) is 24.5 Å². The van der Waals surface area contributed by atoms with Crippen LogP contribution in [0.2, 0.25) is 0 Å². The Labute approximate surface area is 150 Å². The average molecular weight is 364 g/mol. The molecule has 2 aliphatic heterocycles. The summed E-state index contributed by atoms with van der Waals surface area (Å²) in [4.78, 5) is 38.6. The van der Waals surface area contributed by atoms with Crippen molar-refractivity contribution in [2.75, 3.05) is 49.1 Å². The molecular formula is C17H21FN4O4. The molecule has 0 saturated carbocycles. The number of carbonyl (C=O) groups is 3. The first-order valence-corrected chi connectivity index (χ1v) is 8.44. The van der Waals surface area contributed by atoms with E-state index in [-0.39, 0.29) is 19.0 Å². The molecule has 0 spiro atoms. The minimum atomic E-state index is -0.563. The van der Waals surface area contributed by atoms with E-state index in [1.165, 1.54) is 17.9 Å². The second-order valence-corrected chi connectivity index (χ2v) is 6.32. The van der Waals surface area contributed by atoms with Crippen LogP contribution < -0.4 is 15.1 Å². The summed E-state index contributed by atoms with van der Waals surface area (Å²) in [7, 11) is 0. The molecule has 2 saturated heterocycles. The smallest absolute Gasteiger partial charge is 0.414 e. The van der Waals surface area contributed by atoms with Crippen molar-refractivity contribution in [1.29, 1.82) is 0 Å². The lowest BCUT2D eigenvalue weighted by Crippen LogP contribution is -2.46. The van der Waals surface area contributed by atoms with Crippen LogP contribution in [0.1, 0.15) is 6.92 Å². The van der Waals surface area contributed by atoms with Gasteiger partial charge >= 0.3 is 6.09 Å². The van der Waals surface area contributed by atoms with Gasteiger partial charge in [0.25, 0.3) is 0 Å². The van der Waals surface area contributed by atoms with Crippen molar-refractivity contribution in [2.45, 2.75) is 13.0 Å². The second kappa shape index (κ2) is 7.59. The fourth-order valence-corrected chi connectivity index (χ4v) is 3.08. The third-order valence-corrected chi connectivity index (χ3v) is 4.50. The van der Waals surface area contributed by atoms with Gasteiger partial charge in [0.2, 0.25) is 12.3 Å². The predicted molar refractivity (Wildman–Crippen MR) is 92.5 cm³/mol. The molecule has 0 bridgehead atoms. The summed E-state index contributed by atoms with van der Waals surface area (Å²) in [5.41, 5.74) is 0.856. The highest BCUT2D eigenvalue weighted by Gasteiger charge is 2.33. The number of rotatable bonds is 5. The van der Waals surface area contributed by atoms with Gasteiger partial charge in [0.1, 0.15) is 11.9 Å². The molecule has 2 aliphatic rings. The molecule has 1 unspecified atom stereocenters. The van der Waals surface area contributed by atoms with Crippen LogP contribution in [-0.2, 0) is 14.3 Å². The summed E-state index contributed by atoms with van der Waals surface area (Å²) < 4.78 is 19.8. The Morgan fingerprint density at radius 1 is 1.35 bits per heavy atom. The summed E-state index contributed by atoms with van der Waals surface area (Å²) >= 11 is 0. The van der Waals surface area contributed by atoms with Gasteiger partial charge in [0.15, 0.2) is 0 Å². The normalized spacial score (nSPS) is 20.2. The monoisotopic (exact) mass is 364 g/mol. The molecule has 2 fully saturated rings. The predicted octanol–water partition coefficient (Wildman–Crippen LogP) is 0.565. The van der Waals surface area contributed by atoms with E-state index in [9.17, 15) is 18.8 Å². The number of ether oxygens (including phenoxy) is 1. The summed E-state index contributed by atoms with van der Waals surface area (Å²) in [6.07, 6.45) is -0.231. The third-order valence-electron chi connectivity index (χ3n) is 4.50. The van der Waals surface area contributed by atoms with Gasteiger partial charge < -0.3 is 19.9 Å². The maximum absolute atomic E-state index is 14.6. The molecule has 9 heteroatoms. The van der Waals surface area contributed by atoms with Crippen molar-refractivity contribution in [3.05, 3.63) is 24.0 Å². The minimum Gasteiger partial charge on any atom is -0.442 e. The van der Waals surface area contributed by atoms with Crippen molar-refractivity contribution in [3.8, 4) is 0 Å². The number of benzene rings is 1. The number of hydrogen-bond donors (Lipinski definition) is 1. The van der Waals surface area contributed by atoms with Gasteiger partial charge in [-0.15, -0.1) is 0 Å². The van der Waals surface area contributed by atoms with Crippen LogP contribution in [0, 0.1) is 5.82 Å². The van der Waals surface area contributed by atoms with E-state index >= 15 is 0 Å². The number of nitrogens with zero attached hydrogens (tertiary/aromatic N) is 3. The van der Waals surface area contributed by atoms with Gasteiger partial charge in [0, 0.05) is 33.1 Å². The van der Waals surface area contributed by atoms with Crippen LogP contribution >= 0.6 is 0 Å². The largest absolute Gasteiger partial charge is 0.442 e. The molecule has 1 N–H and O–H groups in total. The maximum atomic E-state index is 14.6. The highest BCUT2D eigenvalue weighted by Crippen LogP contribution is 2.28. The first-order valence-electron chi connectivity index (χ1n) is 8.44. The van der Waals surface area contributed by atoms with Crippen molar-refractivity contribution < 1.29 is 23.5 Å². The van der Waals surface area contributed by atoms with Gasteiger partial charge in [-0.1, -0.05) is 0 Å². The van der Waals surface area contributed by atoms with Crippen LogP contribution in [0.4, 0.5) is 20.6 Å². The maximum Gasteiger partial charge on any atom is 0.414 e. The minimum absolute atomic E-state index is 0.204. The van der Waals surface area contributed by atoms with E-state index in [0.29, 0.717) is 37.6 Å². The van der Waals surface area contributed by atoms with Crippen molar-refractivity contribution >= 4 is 29.8 Å². The van der Waals surface area contributed by atoms with E-state index in [1.807, 2.05) is 4.90 Å². The molecule has 1 atom stereocenters. The van der Waals surface area contributed by atoms with Gasteiger partial charge in [-0.3, -0.25) is 14.5 Å². The Morgan fingerprint density at radius 2 is 2.08 bits per heavy atom. The fourth-order valence-electron chi connectivity index (χ4n) is 3.08. The number of piperazine rings is 1. The van der Waals surface area contributed by atoms with Crippen LogP contribution in [0.25, 0.3) is 0 Å². The topological polar surface area (TPSA) is 82.2 Å². The molecule has 0 aromatic heterocycles. The number of hydrogen-bond acceptors (Lipinski definition) is 5. The molecule has 140 valence electrons. The molecule has 0 aliphatic carbocycles.